The summed E-state index contributed by atoms with van der Waals surface area (Å²) >= 11 is 1.31. The Bertz CT molecular complexity index is 777. The molecule has 0 spiro atoms. The van der Waals surface area contributed by atoms with Gasteiger partial charge in [-0.05, 0) is 38.2 Å². The van der Waals surface area contributed by atoms with Crippen LogP contribution in [-0.2, 0) is 16.0 Å². The largest absolute Gasteiger partial charge is 0.451 e. The highest BCUT2D eigenvalue weighted by atomic mass is 32.1. The molecule has 1 amide bonds. The molecule has 0 saturated carbocycles. The number of benzene rings is 1. The van der Waals surface area contributed by atoms with E-state index in [4.69, 9.17) is 4.74 Å². The second kappa shape index (κ2) is 8.45. The van der Waals surface area contributed by atoms with Gasteiger partial charge < -0.3 is 9.64 Å². The number of nitrogens with zero attached hydrogens (tertiary/aromatic N) is 2. The van der Waals surface area contributed by atoms with E-state index in [1.807, 2.05) is 12.1 Å². The lowest BCUT2D eigenvalue weighted by molar-refractivity contribution is -0.135. The Balaban J connectivity index is 1.64. The number of thiazole rings is 1. The molecule has 0 bridgehead atoms. The lowest BCUT2D eigenvalue weighted by atomic mass is 10.1. The Morgan fingerprint density at radius 3 is 2.50 bits per heavy atom. The van der Waals surface area contributed by atoms with Gasteiger partial charge in [0, 0.05) is 18.7 Å². The van der Waals surface area contributed by atoms with E-state index in [1.54, 1.807) is 11.8 Å². The number of hydrogen-bond donors (Lipinski definition) is 0. The zero-order chi connectivity index (χ0) is 18.5. The molecule has 1 aliphatic rings. The molecule has 0 aliphatic carbocycles. The van der Waals surface area contributed by atoms with Crippen molar-refractivity contribution in [2.75, 3.05) is 19.7 Å². The van der Waals surface area contributed by atoms with Crippen molar-refractivity contribution in [3.8, 4) is 10.6 Å². The van der Waals surface area contributed by atoms with Crippen LogP contribution >= 0.6 is 11.3 Å². The molecule has 3 rings (SSSR count). The van der Waals surface area contributed by atoms with Crippen LogP contribution in [0.25, 0.3) is 10.6 Å². The molecule has 0 radical (unpaired) electrons. The second-order valence-corrected chi connectivity index (χ2v) is 7.50. The first kappa shape index (κ1) is 18.6. The van der Waals surface area contributed by atoms with Crippen molar-refractivity contribution < 1.29 is 14.3 Å². The Hall–Kier alpha value is -2.21. The monoisotopic (exact) mass is 372 g/mol. The highest BCUT2D eigenvalue weighted by Crippen LogP contribution is 2.28. The number of amides is 1. The standard InChI is InChI=1S/C20H24N2O3S/c1-3-15-7-9-16(10-8-15)19-21-14(2)18(26-19)20(24)25-13-17(23)22-11-5-4-6-12-22/h7-10H,3-6,11-13H2,1-2H3. The van der Waals surface area contributed by atoms with Gasteiger partial charge in [0.05, 0.1) is 5.69 Å². The smallest absolute Gasteiger partial charge is 0.350 e. The predicted octanol–water partition coefficient (Wildman–Crippen LogP) is 3.85. The van der Waals surface area contributed by atoms with Crippen molar-refractivity contribution in [1.29, 1.82) is 0 Å². The molecule has 0 N–H and O–H groups in total. The molecule has 0 unspecified atom stereocenters. The summed E-state index contributed by atoms with van der Waals surface area (Å²) in [6.07, 6.45) is 4.19. The second-order valence-electron chi connectivity index (χ2n) is 6.50. The number of rotatable bonds is 5. The zero-order valence-electron chi connectivity index (χ0n) is 15.3. The fourth-order valence-corrected chi connectivity index (χ4v) is 3.99. The third-order valence-corrected chi connectivity index (χ3v) is 5.81. The van der Waals surface area contributed by atoms with Crippen LogP contribution in [0.2, 0.25) is 0 Å². The van der Waals surface area contributed by atoms with Crippen LogP contribution in [0.5, 0.6) is 0 Å². The third-order valence-electron chi connectivity index (χ3n) is 4.63. The third kappa shape index (κ3) is 4.30. The van der Waals surface area contributed by atoms with Gasteiger partial charge in [0.2, 0.25) is 0 Å². The summed E-state index contributed by atoms with van der Waals surface area (Å²) in [7, 11) is 0. The van der Waals surface area contributed by atoms with E-state index in [1.165, 1.54) is 16.9 Å². The number of carbonyl (C=O) groups is 2. The molecule has 2 aromatic rings. The summed E-state index contributed by atoms with van der Waals surface area (Å²) in [5.41, 5.74) is 2.89. The molecule has 6 heteroatoms. The number of hydrogen-bond acceptors (Lipinski definition) is 5. The molecule has 1 saturated heterocycles. The maximum Gasteiger partial charge on any atom is 0.350 e. The van der Waals surface area contributed by atoms with E-state index >= 15 is 0 Å². The van der Waals surface area contributed by atoms with Crippen LogP contribution in [0, 0.1) is 6.92 Å². The van der Waals surface area contributed by atoms with E-state index in [9.17, 15) is 9.59 Å². The number of piperidine rings is 1. The molecule has 1 fully saturated rings. The molecule has 5 nitrogen and oxygen atoms in total. The SMILES string of the molecule is CCc1ccc(-c2nc(C)c(C(=O)OCC(=O)N3CCCCC3)s2)cc1. The number of aryl methyl sites for hydroxylation is 2. The Labute approximate surface area is 158 Å². The average Bonchev–Trinajstić information content (AvgIpc) is 3.08. The first-order chi connectivity index (χ1) is 12.6. The maximum absolute atomic E-state index is 12.4. The van der Waals surface area contributed by atoms with Gasteiger partial charge >= 0.3 is 5.97 Å². The summed E-state index contributed by atoms with van der Waals surface area (Å²) in [6, 6.07) is 8.18. The van der Waals surface area contributed by atoms with Crippen LogP contribution in [0.4, 0.5) is 0 Å². The Morgan fingerprint density at radius 2 is 1.85 bits per heavy atom. The van der Waals surface area contributed by atoms with Gasteiger partial charge in [0.25, 0.3) is 5.91 Å². The summed E-state index contributed by atoms with van der Waals surface area (Å²) < 4.78 is 5.25. The van der Waals surface area contributed by atoms with E-state index in [0.29, 0.717) is 10.6 Å². The minimum atomic E-state index is -0.471. The highest BCUT2D eigenvalue weighted by molar-refractivity contribution is 7.17. The Kier molecular flexibility index (Phi) is 6.04. The maximum atomic E-state index is 12.4. The fourth-order valence-electron chi connectivity index (χ4n) is 3.02. The van der Waals surface area contributed by atoms with Crippen molar-refractivity contribution in [1.82, 2.24) is 9.88 Å². The Morgan fingerprint density at radius 1 is 1.15 bits per heavy atom. The quantitative estimate of drug-likeness (QED) is 0.748. The van der Waals surface area contributed by atoms with Crippen molar-refractivity contribution in [3.63, 3.8) is 0 Å². The summed E-state index contributed by atoms with van der Waals surface area (Å²) in [5.74, 6) is -0.586. The van der Waals surface area contributed by atoms with Crippen LogP contribution in [0.1, 0.15) is 47.1 Å². The minimum Gasteiger partial charge on any atom is -0.451 e. The average molecular weight is 372 g/mol. The lowest BCUT2D eigenvalue weighted by Gasteiger charge is -2.26. The van der Waals surface area contributed by atoms with E-state index in [2.05, 4.69) is 24.0 Å². The van der Waals surface area contributed by atoms with E-state index in [0.717, 1.165) is 49.3 Å². The molecular formula is C20H24N2O3S. The normalized spacial score (nSPS) is 14.3. The molecule has 1 aromatic heterocycles. The topological polar surface area (TPSA) is 59.5 Å². The van der Waals surface area contributed by atoms with Crippen molar-refractivity contribution in [3.05, 3.63) is 40.4 Å². The minimum absolute atomic E-state index is 0.115. The first-order valence-electron chi connectivity index (χ1n) is 9.10. The number of aromatic nitrogens is 1. The molecule has 1 aliphatic heterocycles. The van der Waals surface area contributed by atoms with Crippen LogP contribution in [0.15, 0.2) is 24.3 Å². The number of likely N-dealkylation sites (tertiary alicyclic amines) is 1. The van der Waals surface area contributed by atoms with Crippen molar-refractivity contribution in [2.45, 2.75) is 39.5 Å². The first-order valence-corrected chi connectivity index (χ1v) is 9.91. The fraction of sp³-hybridized carbons (Fsp3) is 0.450. The van der Waals surface area contributed by atoms with Gasteiger partial charge in [-0.2, -0.15) is 0 Å². The van der Waals surface area contributed by atoms with Gasteiger partial charge in [0.1, 0.15) is 9.88 Å². The van der Waals surface area contributed by atoms with Crippen LogP contribution in [0.3, 0.4) is 0 Å². The number of esters is 1. The highest BCUT2D eigenvalue weighted by Gasteiger charge is 2.21. The van der Waals surface area contributed by atoms with Gasteiger partial charge in [0.15, 0.2) is 6.61 Å². The number of carbonyl (C=O) groups excluding carboxylic acids is 2. The summed E-state index contributed by atoms with van der Waals surface area (Å²) in [6.45, 7) is 5.23. The summed E-state index contributed by atoms with van der Waals surface area (Å²) in [4.78, 5) is 31.3. The van der Waals surface area contributed by atoms with Gasteiger partial charge in [-0.1, -0.05) is 31.2 Å². The molecule has 2 heterocycles. The van der Waals surface area contributed by atoms with Gasteiger partial charge in [-0.3, -0.25) is 4.79 Å². The van der Waals surface area contributed by atoms with E-state index < -0.39 is 5.97 Å². The van der Waals surface area contributed by atoms with Crippen molar-refractivity contribution >= 4 is 23.2 Å². The van der Waals surface area contributed by atoms with Gasteiger partial charge in [-0.25, -0.2) is 9.78 Å². The van der Waals surface area contributed by atoms with Gasteiger partial charge in [-0.15, -0.1) is 11.3 Å². The molecule has 1 aromatic carbocycles. The lowest BCUT2D eigenvalue weighted by Crippen LogP contribution is -2.38. The van der Waals surface area contributed by atoms with E-state index in [-0.39, 0.29) is 12.5 Å². The predicted molar refractivity (Wildman–Crippen MR) is 102 cm³/mol. The zero-order valence-corrected chi connectivity index (χ0v) is 16.1. The molecule has 26 heavy (non-hydrogen) atoms. The summed E-state index contributed by atoms with van der Waals surface area (Å²) in [5, 5.41) is 0.791. The van der Waals surface area contributed by atoms with Crippen molar-refractivity contribution in [2.24, 2.45) is 0 Å². The molecule has 138 valence electrons. The molecular weight excluding hydrogens is 348 g/mol. The van der Waals surface area contributed by atoms with Crippen LogP contribution < -0.4 is 0 Å². The van der Waals surface area contributed by atoms with Crippen LogP contribution in [-0.4, -0.2) is 41.5 Å². The molecule has 0 atom stereocenters. The number of ether oxygens (including phenoxy) is 1.